The minimum absolute atomic E-state index is 0.00770. The number of rotatable bonds is 3. The fraction of sp³-hybridized carbons (Fsp3) is 0.824. The van der Waals surface area contributed by atoms with Crippen LogP contribution in [0.1, 0.15) is 59.3 Å². The molecule has 1 heterocycles. The van der Waals surface area contributed by atoms with E-state index in [0.717, 1.165) is 25.9 Å². The molecule has 6 nitrogen and oxygen atoms in total. The number of nitrogens with zero attached hydrogens (tertiary/aromatic N) is 1. The molecule has 1 saturated heterocycles. The first-order valence-electron chi connectivity index (χ1n) is 8.56. The molecule has 1 atom stereocenters. The van der Waals surface area contributed by atoms with Crippen LogP contribution in [-0.4, -0.2) is 47.4 Å². The standard InChI is InChI=1S/C17H28N2O4/c1-17(2,3)23-16(22)18-14(12-6-8-13(20)9-7-12)15(21)19-10-4-5-11-19/h12,14H,4-11H2,1-3H3,(H,18,22). The van der Waals surface area contributed by atoms with E-state index in [9.17, 15) is 14.4 Å². The molecule has 0 spiro atoms. The van der Waals surface area contributed by atoms with Crippen LogP contribution in [0.5, 0.6) is 0 Å². The van der Waals surface area contributed by atoms with Crippen LogP contribution < -0.4 is 5.32 Å². The van der Waals surface area contributed by atoms with Gasteiger partial charge < -0.3 is 15.0 Å². The molecule has 0 radical (unpaired) electrons. The van der Waals surface area contributed by atoms with Crippen molar-refractivity contribution >= 4 is 17.8 Å². The Kier molecular flexibility index (Phi) is 5.65. The second-order valence-electron chi connectivity index (χ2n) is 7.53. The van der Waals surface area contributed by atoms with Crippen LogP contribution in [0.4, 0.5) is 4.79 Å². The van der Waals surface area contributed by atoms with Crippen molar-refractivity contribution in [2.75, 3.05) is 13.1 Å². The van der Waals surface area contributed by atoms with Crippen LogP contribution in [-0.2, 0) is 14.3 Å². The molecule has 0 aromatic carbocycles. The lowest BCUT2D eigenvalue weighted by Crippen LogP contribution is -2.53. The maximum Gasteiger partial charge on any atom is 0.408 e. The molecule has 2 fully saturated rings. The van der Waals surface area contributed by atoms with Gasteiger partial charge in [0.2, 0.25) is 5.91 Å². The minimum atomic E-state index is -0.603. The molecule has 2 aliphatic rings. The van der Waals surface area contributed by atoms with Gasteiger partial charge in [-0.2, -0.15) is 0 Å². The van der Waals surface area contributed by atoms with E-state index in [4.69, 9.17) is 4.74 Å². The van der Waals surface area contributed by atoms with Gasteiger partial charge in [-0.05, 0) is 52.4 Å². The van der Waals surface area contributed by atoms with E-state index >= 15 is 0 Å². The van der Waals surface area contributed by atoms with Gasteiger partial charge in [-0.15, -0.1) is 0 Å². The first-order chi connectivity index (χ1) is 10.8. The second kappa shape index (κ2) is 7.32. The van der Waals surface area contributed by atoms with E-state index < -0.39 is 17.7 Å². The monoisotopic (exact) mass is 324 g/mol. The van der Waals surface area contributed by atoms with Crippen LogP contribution in [0.2, 0.25) is 0 Å². The highest BCUT2D eigenvalue weighted by molar-refractivity contribution is 5.87. The molecule has 2 rings (SSSR count). The van der Waals surface area contributed by atoms with Gasteiger partial charge in [-0.1, -0.05) is 0 Å². The van der Waals surface area contributed by atoms with Gasteiger partial charge in [-0.3, -0.25) is 9.59 Å². The summed E-state index contributed by atoms with van der Waals surface area (Å²) < 4.78 is 5.31. The molecule has 1 saturated carbocycles. The van der Waals surface area contributed by atoms with Gasteiger partial charge in [0, 0.05) is 25.9 Å². The smallest absolute Gasteiger partial charge is 0.408 e. The number of nitrogens with one attached hydrogen (secondary N) is 1. The predicted octanol–water partition coefficient (Wildman–Crippen LogP) is 2.26. The number of hydrogen-bond donors (Lipinski definition) is 1. The van der Waals surface area contributed by atoms with Gasteiger partial charge >= 0.3 is 6.09 Å². The second-order valence-corrected chi connectivity index (χ2v) is 7.53. The fourth-order valence-electron chi connectivity index (χ4n) is 3.25. The van der Waals surface area contributed by atoms with Gasteiger partial charge in [0.25, 0.3) is 0 Å². The zero-order valence-corrected chi connectivity index (χ0v) is 14.4. The van der Waals surface area contributed by atoms with Crippen molar-refractivity contribution in [1.29, 1.82) is 0 Å². The molecule has 23 heavy (non-hydrogen) atoms. The van der Waals surface area contributed by atoms with E-state index in [1.165, 1.54) is 0 Å². The molecule has 0 aromatic rings. The summed E-state index contributed by atoms with van der Waals surface area (Å²) in [7, 11) is 0. The Bertz CT molecular complexity index is 454. The van der Waals surface area contributed by atoms with E-state index in [1.807, 2.05) is 4.90 Å². The van der Waals surface area contributed by atoms with Crippen molar-refractivity contribution in [1.82, 2.24) is 10.2 Å². The average molecular weight is 324 g/mol. The fourth-order valence-corrected chi connectivity index (χ4v) is 3.25. The molecule has 0 bridgehead atoms. The number of Topliss-reactive ketones (excluding diaryl/α,β-unsaturated/α-hetero) is 1. The number of carbonyl (C=O) groups is 3. The number of amides is 2. The number of ketones is 1. The van der Waals surface area contributed by atoms with Crippen LogP contribution >= 0.6 is 0 Å². The zero-order chi connectivity index (χ0) is 17.0. The first kappa shape index (κ1) is 17.8. The Balaban J connectivity index is 2.05. The van der Waals surface area contributed by atoms with Gasteiger partial charge in [0.1, 0.15) is 17.4 Å². The third kappa shape index (κ3) is 5.22. The van der Waals surface area contributed by atoms with Gasteiger partial charge in [0.15, 0.2) is 0 Å². The summed E-state index contributed by atoms with van der Waals surface area (Å²) in [6.07, 6.45) is 3.74. The number of hydrogen-bond acceptors (Lipinski definition) is 4. The lowest BCUT2D eigenvalue weighted by atomic mass is 9.82. The van der Waals surface area contributed by atoms with E-state index in [1.54, 1.807) is 20.8 Å². The van der Waals surface area contributed by atoms with Gasteiger partial charge in [0.05, 0.1) is 0 Å². The summed E-state index contributed by atoms with van der Waals surface area (Å²) in [5.41, 5.74) is -0.603. The van der Waals surface area contributed by atoms with Crippen LogP contribution in [0, 0.1) is 5.92 Å². The SMILES string of the molecule is CC(C)(C)OC(=O)NC(C(=O)N1CCCC1)C1CCC(=O)CC1. The maximum atomic E-state index is 12.8. The lowest BCUT2D eigenvalue weighted by molar-refractivity contribution is -0.135. The average Bonchev–Trinajstić information content (AvgIpc) is 2.97. The Hall–Kier alpha value is -1.59. The molecule has 1 unspecified atom stereocenters. The molecular weight excluding hydrogens is 296 g/mol. The van der Waals surface area contributed by atoms with Crippen molar-refractivity contribution in [3.63, 3.8) is 0 Å². The zero-order valence-electron chi connectivity index (χ0n) is 14.4. The third-order valence-corrected chi connectivity index (χ3v) is 4.42. The Morgan fingerprint density at radius 3 is 2.26 bits per heavy atom. The van der Waals surface area contributed by atoms with Crippen molar-refractivity contribution < 1.29 is 19.1 Å². The maximum absolute atomic E-state index is 12.8. The Morgan fingerprint density at radius 1 is 1.17 bits per heavy atom. The highest BCUT2D eigenvalue weighted by Crippen LogP contribution is 2.27. The number of alkyl carbamates (subject to hydrolysis) is 1. The van der Waals surface area contributed by atoms with Crippen molar-refractivity contribution in [2.24, 2.45) is 5.92 Å². The van der Waals surface area contributed by atoms with E-state index in [-0.39, 0.29) is 17.6 Å². The molecule has 1 N–H and O–H groups in total. The molecule has 1 aliphatic carbocycles. The molecule has 1 aliphatic heterocycles. The summed E-state index contributed by atoms with van der Waals surface area (Å²) >= 11 is 0. The Morgan fingerprint density at radius 2 is 1.74 bits per heavy atom. The molecular formula is C17H28N2O4. The van der Waals surface area contributed by atoms with Crippen molar-refractivity contribution in [3.8, 4) is 0 Å². The van der Waals surface area contributed by atoms with E-state index in [2.05, 4.69) is 5.32 Å². The summed E-state index contributed by atoms with van der Waals surface area (Å²) in [6, 6.07) is -0.587. The minimum Gasteiger partial charge on any atom is -0.444 e. The summed E-state index contributed by atoms with van der Waals surface area (Å²) in [5, 5.41) is 2.77. The first-order valence-corrected chi connectivity index (χ1v) is 8.56. The summed E-state index contributed by atoms with van der Waals surface area (Å²) in [5.74, 6) is 0.215. The topological polar surface area (TPSA) is 75.7 Å². The summed E-state index contributed by atoms with van der Waals surface area (Å²) in [4.78, 5) is 38.2. The predicted molar refractivity (Wildman–Crippen MR) is 85.9 cm³/mol. The normalized spacial score (nSPS) is 21.2. The van der Waals surface area contributed by atoms with Gasteiger partial charge in [-0.25, -0.2) is 4.79 Å². The molecule has 2 amide bonds. The highest BCUT2D eigenvalue weighted by Gasteiger charge is 2.36. The third-order valence-electron chi connectivity index (χ3n) is 4.42. The van der Waals surface area contributed by atoms with Crippen molar-refractivity contribution in [3.05, 3.63) is 0 Å². The number of ether oxygens (including phenoxy) is 1. The lowest BCUT2D eigenvalue weighted by Gasteiger charge is -2.32. The summed E-state index contributed by atoms with van der Waals surface area (Å²) in [6.45, 7) is 6.88. The number of likely N-dealkylation sites (tertiary alicyclic amines) is 1. The van der Waals surface area contributed by atoms with E-state index in [0.29, 0.717) is 25.7 Å². The van der Waals surface area contributed by atoms with Crippen molar-refractivity contribution in [2.45, 2.75) is 70.9 Å². The number of carbonyl (C=O) groups excluding carboxylic acids is 3. The Labute approximate surface area is 137 Å². The highest BCUT2D eigenvalue weighted by atomic mass is 16.6. The largest absolute Gasteiger partial charge is 0.444 e. The van der Waals surface area contributed by atoms with Crippen LogP contribution in [0.25, 0.3) is 0 Å². The molecule has 130 valence electrons. The molecule has 6 heteroatoms. The van der Waals surface area contributed by atoms with Crippen LogP contribution in [0.3, 0.4) is 0 Å². The quantitative estimate of drug-likeness (QED) is 0.864. The molecule has 0 aromatic heterocycles. The van der Waals surface area contributed by atoms with Crippen LogP contribution in [0.15, 0.2) is 0 Å².